The molecule has 38 heavy (non-hydrogen) atoms. The van der Waals surface area contributed by atoms with Crippen LogP contribution in [0.4, 0.5) is 11.4 Å². The number of aliphatic imine (C=N–C) groups is 2. The van der Waals surface area contributed by atoms with Gasteiger partial charge in [0.05, 0.1) is 22.6 Å². The number of aromatic nitrogens is 2. The van der Waals surface area contributed by atoms with E-state index >= 15 is 0 Å². The van der Waals surface area contributed by atoms with Crippen LogP contribution in [0.3, 0.4) is 0 Å². The minimum absolute atomic E-state index is 0.676. The summed E-state index contributed by atoms with van der Waals surface area (Å²) < 4.78 is 0. The molecule has 4 nitrogen and oxygen atoms in total. The van der Waals surface area contributed by atoms with Gasteiger partial charge >= 0.3 is 0 Å². The second-order valence-electron chi connectivity index (χ2n) is 8.85. The Kier molecular flexibility index (Phi) is 6.60. The molecule has 0 aliphatic rings. The van der Waals surface area contributed by atoms with Gasteiger partial charge in [-0.15, -0.1) is 0 Å². The van der Waals surface area contributed by atoms with Crippen molar-refractivity contribution in [3.8, 4) is 22.6 Å². The fourth-order valence-electron chi connectivity index (χ4n) is 4.21. The molecule has 0 radical (unpaired) electrons. The minimum Gasteiger partial charge on any atom is -0.256 e. The molecule has 4 heteroatoms. The van der Waals surface area contributed by atoms with Gasteiger partial charge in [-0.05, 0) is 53.6 Å². The van der Waals surface area contributed by atoms with Crippen molar-refractivity contribution in [3.63, 3.8) is 0 Å². The molecule has 0 N–H and O–H groups in total. The van der Waals surface area contributed by atoms with Gasteiger partial charge in [0.1, 0.15) is 0 Å². The van der Waals surface area contributed by atoms with Crippen molar-refractivity contribution in [2.45, 2.75) is 0 Å². The average Bonchev–Trinajstić information content (AvgIpc) is 3.00. The quantitative estimate of drug-likeness (QED) is 0.221. The smallest absolute Gasteiger partial charge is 0.160 e. The maximum Gasteiger partial charge on any atom is 0.160 e. The molecular weight excluding hydrogens is 464 g/mol. The molecule has 0 spiro atoms. The lowest BCUT2D eigenvalue weighted by Gasteiger charge is -2.10. The zero-order valence-corrected chi connectivity index (χ0v) is 20.6. The molecule has 5 aromatic carbocycles. The highest BCUT2D eigenvalue weighted by Crippen LogP contribution is 2.32. The maximum absolute atomic E-state index is 5.02. The van der Waals surface area contributed by atoms with Crippen LogP contribution in [-0.4, -0.2) is 22.4 Å². The Morgan fingerprint density at radius 2 is 1.03 bits per heavy atom. The maximum atomic E-state index is 5.02. The monoisotopic (exact) mass is 488 g/mol. The normalized spacial score (nSPS) is 11.5. The molecule has 1 aromatic heterocycles. The molecule has 180 valence electrons. The van der Waals surface area contributed by atoms with Crippen molar-refractivity contribution in [2.75, 3.05) is 0 Å². The first-order valence-electron chi connectivity index (χ1n) is 12.5. The summed E-state index contributed by atoms with van der Waals surface area (Å²) in [5.74, 6) is 0.676. The summed E-state index contributed by atoms with van der Waals surface area (Å²) in [5.41, 5.74) is 7.59. The summed E-state index contributed by atoms with van der Waals surface area (Å²) in [7, 11) is 0. The first kappa shape index (κ1) is 23.2. The number of nitrogens with zero attached hydrogens (tertiary/aromatic N) is 4. The Hall–Kier alpha value is -5.22. The van der Waals surface area contributed by atoms with Gasteiger partial charge in [0, 0.05) is 28.9 Å². The second kappa shape index (κ2) is 10.8. The third-order valence-corrected chi connectivity index (χ3v) is 6.18. The average molecular weight is 489 g/mol. The van der Waals surface area contributed by atoms with Crippen molar-refractivity contribution < 1.29 is 0 Å². The Morgan fingerprint density at radius 3 is 1.66 bits per heavy atom. The zero-order chi connectivity index (χ0) is 25.6. The lowest BCUT2D eigenvalue weighted by molar-refractivity contribution is 1.23. The van der Waals surface area contributed by atoms with Crippen LogP contribution in [0.5, 0.6) is 0 Å². The molecule has 6 rings (SSSR count). The van der Waals surface area contributed by atoms with Crippen LogP contribution in [-0.2, 0) is 0 Å². The number of hydrogen-bond acceptors (Lipinski definition) is 4. The van der Waals surface area contributed by atoms with Crippen LogP contribution in [0, 0.1) is 0 Å². The molecule has 0 bridgehead atoms. The summed E-state index contributed by atoms with van der Waals surface area (Å²) in [6.07, 6.45) is 3.74. The molecule has 0 fully saturated rings. The Morgan fingerprint density at radius 1 is 0.474 bits per heavy atom. The predicted molar refractivity (Wildman–Crippen MR) is 158 cm³/mol. The zero-order valence-electron chi connectivity index (χ0n) is 20.6. The Bertz CT molecular complexity index is 1730. The van der Waals surface area contributed by atoms with Crippen molar-refractivity contribution in [3.05, 3.63) is 145 Å². The van der Waals surface area contributed by atoms with Gasteiger partial charge in [-0.1, -0.05) is 91.0 Å². The van der Waals surface area contributed by atoms with Gasteiger partial charge in [0.2, 0.25) is 0 Å². The summed E-state index contributed by atoms with van der Waals surface area (Å²) in [4.78, 5) is 19.2. The van der Waals surface area contributed by atoms with E-state index in [1.807, 2.05) is 128 Å². The van der Waals surface area contributed by atoms with Crippen LogP contribution in [0.2, 0.25) is 0 Å². The summed E-state index contributed by atoms with van der Waals surface area (Å²) in [6, 6.07) is 44.5. The first-order chi connectivity index (χ1) is 18.8. The van der Waals surface area contributed by atoms with Crippen molar-refractivity contribution >= 4 is 34.7 Å². The van der Waals surface area contributed by atoms with Crippen LogP contribution in [0.1, 0.15) is 11.1 Å². The van der Waals surface area contributed by atoms with Gasteiger partial charge in [0.15, 0.2) is 5.82 Å². The van der Waals surface area contributed by atoms with Gasteiger partial charge in [0.25, 0.3) is 0 Å². The van der Waals surface area contributed by atoms with Crippen LogP contribution in [0.15, 0.2) is 143 Å². The fraction of sp³-hybridized carbons (Fsp3) is 0. The van der Waals surface area contributed by atoms with Crippen molar-refractivity contribution in [2.24, 2.45) is 9.98 Å². The predicted octanol–water partition coefficient (Wildman–Crippen LogP) is 8.47. The topological polar surface area (TPSA) is 50.5 Å². The highest BCUT2D eigenvalue weighted by Gasteiger charge is 2.12. The standard InChI is InChI=1S/C34H24N4/c1-4-10-25(11-5-1)23-35-29-18-16-28(17-19-29)34-37-32-21-20-30(36-24-26-12-6-2-7-13-26)22-31(32)33(38-34)27-14-8-3-9-15-27/h1-24H. The van der Waals surface area contributed by atoms with E-state index in [4.69, 9.17) is 15.0 Å². The molecule has 1 heterocycles. The fourth-order valence-corrected chi connectivity index (χ4v) is 4.21. The van der Waals surface area contributed by atoms with E-state index in [1.165, 1.54) is 0 Å². The number of hydrogen-bond donors (Lipinski definition) is 0. The Balaban J connectivity index is 1.37. The van der Waals surface area contributed by atoms with Gasteiger partial charge in [-0.2, -0.15) is 0 Å². The lowest BCUT2D eigenvalue weighted by Crippen LogP contribution is -1.95. The Labute approximate surface area is 221 Å². The molecule has 0 saturated carbocycles. The van der Waals surface area contributed by atoms with E-state index in [0.717, 1.165) is 50.2 Å². The van der Waals surface area contributed by atoms with E-state index in [2.05, 4.69) is 23.2 Å². The van der Waals surface area contributed by atoms with Crippen molar-refractivity contribution in [1.82, 2.24) is 9.97 Å². The van der Waals surface area contributed by atoms with Gasteiger partial charge in [-0.3, -0.25) is 9.98 Å². The minimum atomic E-state index is 0.676. The van der Waals surface area contributed by atoms with E-state index in [-0.39, 0.29) is 0 Å². The third-order valence-electron chi connectivity index (χ3n) is 6.18. The van der Waals surface area contributed by atoms with Gasteiger partial charge in [-0.25, -0.2) is 9.97 Å². The largest absolute Gasteiger partial charge is 0.256 e. The number of fused-ring (bicyclic) bond motifs is 1. The highest BCUT2D eigenvalue weighted by molar-refractivity contribution is 5.96. The van der Waals surface area contributed by atoms with Crippen molar-refractivity contribution in [1.29, 1.82) is 0 Å². The SMILES string of the molecule is C(=Nc1ccc(-c2nc(-c3ccccc3)c3cc(N=Cc4ccccc4)ccc3n2)cc1)c1ccccc1. The highest BCUT2D eigenvalue weighted by atomic mass is 14.9. The third kappa shape index (κ3) is 5.30. The van der Waals surface area contributed by atoms with E-state index < -0.39 is 0 Å². The summed E-state index contributed by atoms with van der Waals surface area (Å²) in [5, 5.41) is 0.965. The van der Waals surface area contributed by atoms with Crippen LogP contribution < -0.4 is 0 Å². The summed E-state index contributed by atoms with van der Waals surface area (Å²) >= 11 is 0. The molecule has 0 atom stereocenters. The molecular formula is C34H24N4. The van der Waals surface area contributed by atoms with E-state index in [1.54, 1.807) is 0 Å². The molecule has 0 amide bonds. The summed E-state index contributed by atoms with van der Waals surface area (Å²) in [6.45, 7) is 0. The number of rotatable bonds is 6. The molecule has 0 unspecified atom stereocenters. The van der Waals surface area contributed by atoms with Crippen LogP contribution >= 0.6 is 0 Å². The molecule has 6 aromatic rings. The number of benzene rings is 5. The first-order valence-corrected chi connectivity index (χ1v) is 12.5. The lowest BCUT2D eigenvalue weighted by atomic mass is 10.0. The van der Waals surface area contributed by atoms with E-state index in [0.29, 0.717) is 5.82 Å². The molecule has 0 aliphatic carbocycles. The molecule has 0 saturated heterocycles. The van der Waals surface area contributed by atoms with Gasteiger partial charge < -0.3 is 0 Å². The van der Waals surface area contributed by atoms with E-state index in [9.17, 15) is 0 Å². The van der Waals surface area contributed by atoms with Crippen LogP contribution in [0.25, 0.3) is 33.5 Å². The second-order valence-corrected chi connectivity index (χ2v) is 8.85. The molecule has 0 aliphatic heterocycles.